The molecule has 3 aromatic rings. The molecule has 0 spiro atoms. The third-order valence-electron chi connectivity index (χ3n) is 4.57. The number of carbonyl (C=O) groups excluding carboxylic acids is 1. The van der Waals surface area contributed by atoms with Crippen LogP contribution in [0.2, 0.25) is 0 Å². The van der Waals surface area contributed by atoms with E-state index in [1.807, 2.05) is 36.4 Å². The minimum absolute atomic E-state index is 0.0389. The predicted molar refractivity (Wildman–Crippen MR) is 96.0 cm³/mol. The molecule has 4 rings (SSSR count). The summed E-state index contributed by atoms with van der Waals surface area (Å²) in [6.45, 7) is 1.34. The normalized spacial score (nSPS) is 17.0. The number of anilines is 1. The molecule has 0 bridgehead atoms. The fraction of sp³-hybridized carbons (Fsp3) is 0.263. The van der Waals surface area contributed by atoms with E-state index in [-0.39, 0.29) is 11.9 Å². The van der Waals surface area contributed by atoms with Crippen molar-refractivity contribution in [2.24, 2.45) is 0 Å². The van der Waals surface area contributed by atoms with Crippen LogP contribution in [0.1, 0.15) is 18.4 Å². The van der Waals surface area contributed by atoms with E-state index in [1.165, 1.54) is 0 Å². The van der Waals surface area contributed by atoms with Crippen LogP contribution < -0.4 is 10.2 Å². The molecule has 1 aliphatic rings. The average molecular weight is 333 g/mol. The van der Waals surface area contributed by atoms with Crippen LogP contribution in [0, 0.1) is 0 Å². The van der Waals surface area contributed by atoms with E-state index in [2.05, 4.69) is 25.2 Å². The summed E-state index contributed by atoms with van der Waals surface area (Å²) in [7, 11) is 0. The number of aromatic nitrogens is 3. The van der Waals surface area contributed by atoms with Crippen molar-refractivity contribution in [3.05, 3.63) is 60.7 Å². The van der Waals surface area contributed by atoms with Crippen LogP contribution >= 0.6 is 0 Å². The first-order chi connectivity index (χ1) is 12.3. The van der Waals surface area contributed by atoms with E-state index in [9.17, 15) is 4.79 Å². The lowest BCUT2D eigenvalue weighted by atomic mass is 10.1. The number of hydrogen-bond acceptors (Lipinski definition) is 5. The second-order valence-electron chi connectivity index (χ2n) is 6.14. The molecule has 1 saturated heterocycles. The van der Waals surface area contributed by atoms with Gasteiger partial charge in [-0.1, -0.05) is 12.1 Å². The fourth-order valence-electron chi connectivity index (χ4n) is 3.32. The summed E-state index contributed by atoms with van der Waals surface area (Å²) in [5.41, 5.74) is 1.94. The minimum Gasteiger partial charge on any atom is -0.350 e. The lowest BCUT2D eigenvalue weighted by Crippen LogP contribution is -2.43. The number of rotatable bonds is 4. The zero-order chi connectivity index (χ0) is 17.1. The molecular weight excluding hydrogens is 314 g/mol. The minimum atomic E-state index is -0.194. The molecule has 1 amide bonds. The van der Waals surface area contributed by atoms with E-state index < -0.39 is 0 Å². The van der Waals surface area contributed by atoms with Crippen molar-refractivity contribution < 1.29 is 4.79 Å². The van der Waals surface area contributed by atoms with Crippen molar-refractivity contribution in [3.8, 4) is 0 Å². The van der Waals surface area contributed by atoms with Gasteiger partial charge >= 0.3 is 0 Å². The Labute approximate surface area is 145 Å². The van der Waals surface area contributed by atoms with Crippen LogP contribution in [-0.2, 0) is 11.3 Å². The Balaban J connectivity index is 1.54. The van der Waals surface area contributed by atoms with E-state index in [4.69, 9.17) is 0 Å². The van der Waals surface area contributed by atoms with E-state index in [0.29, 0.717) is 6.54 Å². The molecule has 0 aliphatic carbocycles. The van der Waals surface area contributed by atoms with Gasteiger partial charge in [0.2, 0.25) is 5.91 Å². The van der Waals surface area contributed by atoms with E-state index in [0.717, 1.165) is 41.7 Å². The number of benzene rings is 1. The summed E-state index contributed by atoms with van der Waals surface area (Å²) in [6, 6.07) is 11.5. The number of fused-ring (bicyclic) bond motifs is 1. The summed E-state index contributed by atoms with van der Waals surface area (Å²) in [5.74, 6) is 0.879. The van der Waals surface area contributed by atoms with Gasteiger partial charge in [0.15, 0.2) is 0 Å². The van der Waals surface area contributed by atoms with Gasteiger partial charge in [-0.15, -0.1) is 0 Å². The number of hydrogen-bond donors (Lipinski definition) is 1. The molecule has 1 unspecified atom stereocenters. The molecule has 0 saturated carbocycles. The molecular formula is C19H19N5O. The largest absolute Gasteiger partial charge is 0.350 e. The zero-order valence-electron chi connectivity index (χ0n) is 13.8. The zero-order valence-corrected chi connectivity index (χ0v) is 13.8. The Hall–Kier alpha value is -3.02. The van der Waals surface area contributed by atoms with Crippen molar-refractivity contribution in [3.63, 3.8) is 0 Å². The quantitative estimate of drug-likeness (QED) is 0.793. The number of carbonyl (C=O) groups is 1. The molecule has 6 nitrogen and oxygen atoms in total. The molecule has 0 radical (unpaired) electrons. The Bertz CT molecular complexity index is 878. The van der Waals surface area contributed by atoms with Gasteiger partial charge in [-0.25, -0.2) is 9.97 Å². The molecule has 25 heavy (non-hydrogen) atoms. The number of amides is 1. The summed E-state index contributed by atoms with van der Waals surface area (Å²) >= 11 is 0. The Morgan fingerprint density at radius 2 is 2.00 bits per heavy atom. The van der Waals surface area contributed by atoms with Crippen molar-refractivity contribution in [2.75, 3.05) is 11.4 Å². The van der Waals surface area contributed by atoms with Crippen LogP contribution in [0.5, 0.6) is 0 Å². The first kappa shape index (κ1) is 15.5. The van der Waals surface area contributed by atoms with Gasteiger partial charge in [-0.2, -0.15) is 0 Å². The highest BCUT2D eigenvalue weighted by Gasteiger charge is 2.32. The molecule has 2 aromatic heterocycles. The number of nitrogens with zero attached hydrogens (tertiary/aromatic N) is 4. The van der Waals surface area contributed by atoms with Crippen molar-refractivity contribution in [2.45, 2.75) is 25.4 Å². The Kier molecular flexibility index (Phi) is 4.24. The molecule has 1 atom stereocenters. The third-order valence-corrected chi connectivity index (χ3v) is 4.57. The topological polar surface area (TPSA) is 71.0 Å². The van der Waals surface area contributed by atoms with Crippen LogP contribution in [0.25, 0.3) is 10.9 Å². The molecule has 1 aliphatic heterocycles. The maximum absolute atomic E-state index is 12.7. The van der Waals surface area contributed by atoms with Crippen LogP contribution in [-0.4, -0.2) is 33.4 Å². The fourth-order valence-corrected chi connectivity index (χ4v) is 3.32. The van der Waals surface area contributed by atoms with Crippen LogP contribution in [0.3, 0.4) is 0 Å². The van der Waals surface area contributed by atoms with Gasteiger partial charge in [0.05, 0.1) is 5.52 Å². The third kappa shape index (κ3) is 3.15. The number of pyridine rings is 1. The lowest BCUT2D eigenvalue weighted by molar-refractivity contribution is -0.122. The van der Waals surface area contributed by atoms with E-state index in [1.54, 1.807) is 18.7 Å². The number of para-hydroxylation sites is 1. The molecule has 3 heterocycles. The Morgan fingerprint density at radius 3 is 2.88 bits per heavy atom. The van der Waals surface area contributed by atoms with Crippen molar-refractivity contribution >= 4 is 22.6 Å². The maximum atomic E-state index is 12.7. The second-order valence-corrected chi connectivity index (χ2v) is 6.14. The summed E-state index contributed by atoms with van der Waals surface area (Å²) in [4.78, 5) is 27.6. The maximum Gasteiger partial charge on any atom is 0.243 e. The molecule has 1 aromatic carbocycles. The van der Waals surface area contributed by atoms with Gasteiger partial charge in [0.1, 0.15) is 18.2 Å². The first-order valence-corrected chi connectivity index (χ1v) is 8.46. The molecule has 1 fully saturated rings. The van der Waals surface area contributed by atoms with Gasteiger partial charge < -0.3 is 10.2 Å². The second kappa shape index (κ2) is 6.84. The van der Waals surface area contributed by atoms with Gasteiger partial charge in [-0.3, -0.25) is 9.78 Å². The first-order valence-electron chi connectivity index (χ1n) is 8.46. The Morgan fingerprint density at radius 1 is 1.16 bits per heavy atom. The molecule has 6 heteroatoms. The monoisotopic (exact) mass is 333 g/mol. The van der Waals surface area contributed by atoms with Gasteiger partial charge in [0, 0.05) is 30.9 Å². The summed E-state index contributed by atoms with van der Waals surface area (Å²) in [6.07, 6.45) is 6.85. The average Bonchev–Trinajstić information content (AvgIpc) is 3.16. The van der Waals surface area contributed by atoms with E-state index >= 15 is 0 Å². The highest BCUT2D eigenvalue weighted by Crippen LogP contribution is 2.29. The predicted octanol–water partition coefficient (Wildman–Crippen LogP) is 2.31. The summed E-state index contributed by atoms with van der Waals surface area (Å²) in [5, 5.41) is 4.02. The summed E-state index contributed by atoms with van der Waals surface area (Å²) < 4.78 is 0. The molecule has 126 valence electrons. The highest BCUT2D eigenvalue weighted by atomic mass is 16.2. The van der Waals surface area contributed by atoms with Gasteiger partial charge in [0.25, 0.3) is 0 Å². The lowest BCUT2D eigenvalue weighted by Gasteiger charge is -2.25. The highest BCUT2D eigenvalue weighted by molar-refractivity contribution is 5.93. The SMILES string of the molecule is O=C(NCc1ccncc1)C1CCCN1c1ncnc2ccccc12. The van der Waals surface area contributed by atoms with Crippen LogP contribution in [0.4, 0.5) is 5.82 Å². The number of nitrogens with one attached hydrogen (secondary N) is 1. The van der Waals surface area contributed by atoms with Gasteiger partial charge in [-0.05, 0) is 42.7 Å². The standard InChI is InChI=1S/C19H19N5O/c25-19(21-12-14-7-9-20-10-8-14)17-6-3-11-24(17)18-15-4-1-2-5-16(15)22-13-23-18/h1-2,4-5,7-10,13,17H,3,6,11-12H2,(H,21,25). The smallest absolute Gasteiger partial charge is 0.243 e. The molecule has 1 N–H and O–H groups in total. The van der Waals surface area contributed by atoms with Crippen LogP contribution in [0.15, 0.2) is 55.1 Å². The van der Waals surface area contributed by atoms with Crippen molar-refractivity contribution in [1.82, 2.24) is 20.3 Å². The van der Waals surface area contributed by atoms with Crippen molar-refractivity contribution in [1.29, 1.82) is 0 Å².